The van der Waals surface area contributed by atoms with Crippen LogP contribution in [0.1, 0.15) is 38.7 Å². The lowest BCUT2D eigenvalue weighted by atomic mass is 10.0. The van der Waals surface area contributed by atoms with Crippen molar-refractivity contribution >= 4 is 0 Å². The Morgan fingerprint density at radius 1 is 1.39 bits per heavy atom. The fraction of sp³-hybridized carbons (Fsp3) is 0.533. The molecule has 1 unspecified atom stereocenters. The van der Waals surface area contributed by atoms with Gasteiger partial charge in [0.1, 0.15) is 5.75 Å². The summed E-state index contributed by atoms with van der Waals surface area (Å²) in [5.41, 5.74) is 1.27. The molecule has 0 spiro atoms. The van der Waals surface area contributed by atoms with Crippen molar-refractivity contribution in [3.63, 3.8) is 0 Å². The number of nitriles is 1. The zero-order valence-electron chi connectivity index (χ0n) is 11.4. The maximum atomic E-state index is 8.90. The van der Waals surface area contributed by atoms with Crippen LogP contribution in [-0.4, -0.2) is 19.2 Å². The molecule has 0 aliphatic heterocycles. The molecule has 1 N–H and O–H groups in total. The van der Waals surface area contributed by atoms with E-state index < -0.39 is 0 Å². The highest BCUT2D eigenvalue weighted by atomic mass is 16.5. The molecular formula is C15H22N2O. The van der Waals surface area contributed by atoms with Gasteiger partial charge in [0.25, 0.3) is 0 Å². The third-order valence-corrected chi connectivity index (χ3v) is 2.81. The second kappa shape index (κ2) is 7.73. The zero-order chi connectivity index (χ0) is 13.4. The topological polar surface area (TPSA) is 45.0 Å². The molecule has 3 heteroatoms. The van der Waals surface area contributed by atoms with Gasteiger partial charge in [0, 0.05) is 6.42 Å². The molecule has 0 fully saturated rings. The SMILES string of the molecule is CCNC(C#N)CCOc1cccc(C(C)C)c1. The molecule has 18 heavy (non-hydrogen) atoms. The quantitative estimate of drug-likeness (QED) is 0.804. The summed E-state index contributed by atoms with van der Waals surface area (Å²) in [7, 11) is 0. The van der Waals surface area contributed by atoms with Gasteiger partial charge >= 0.3 is 0 Å². The molecule has 0 saturated carbocycles. The molecule has 1 aromatic carbocycles. The Morgan fingerprint density at radius 3 is 2.78 bits per heavy atom. The second-order valence-corrected chi connectivity index (χ2v) is 4.60. The zero-order valence-corrected chi connectivity index (χ0v) is 11.4. The lowest BCUT2D eigenvalue weighted by Gasteiger charge is -2.12. The van der Waals surface area contributed by atoms with E-state index in [-0.39, 0.29) is 6.04 Å². The molecule has 0 radical (unpaired) electrons. The number of ether oxygens (including phenoxy) is 1. The summed E-state index contributed by atoms with van der Waals surface area (Å²) in [5, 5.41) is 12.0. The maximum absolute atomic E-state index is 8.90. The van der Waals surface area contributed by atoms with Crippen molar-refractivity contribution in [3.8, 4) is 11.8 Å². The highest BCUT2D eigenvalue weighted by Crippen LogP contribution is 2.20. The van der Waals surface area contributed by atoms with Gasteiger partial charge in [-0.15, -0.1) is 0 Å². The molecule has 0 bridgehead atoms. The molecule has 1 rings (SSSR count). The number of rotatable bonds is 7. The van der Waals surface area contributed by atoms with Crippen LogP contribution in [0, 0.1) is 11.3 Å². The molecule has 1 aromatic rings. The van der Waals surface area contributed by atoms with E-state index in [4.69, 9.17) is 10.00 Å². The third kappa shape index (κ3) is 4.77. The van der Waals surface area contributed by atoms with Crippen molar-refractivity contribution < 1.29 is 4.74 Å². The Morgan fingerprint density at radius 2 is 2.17 bits per heavy atom. The highest BCUT2D eigenvalue weighted by Gasteiger charge is 2.06. The van der Waals surface area contributed by atoms with Crippen LogP contribution in [0.25, 0.3) is 0 Å². The van der Waals surface area contributed by atoms with Gasteiger partial charge in [-0.2, -0.15) is 5.26 Å². The van der Waals surface area contributed by atoms with E-state index >= 15 is 0 Å². The monoisotopic (exact) mass is 246 g/mol. The molecule has 0 aliphatic carbocycles. The van der Waals surface area contributed by atoms with Crippen molar-refractivity contribution in [3.05, 3.63) is 29.8 Å². The Balaban J connectivity index is 2.44. The van der Waals surface area contributed by atoms with Crippen molar-refractivity contribution in [1.29, 1.82) is 5.26 Å². The lowest BCUT2D eigenvalue weighted by molar-refractivity contribution is 0.298. The minimum atomic E-state index is -0.122. The van der Waals surface area contributed by atoms with Gasteiger partial charge in [-0.05, 0) is 30.2 Å². The van der Waals surface area contributed by atoms with E-state index in [1.54, 1.807) is 0 Å². The van der Waals surface area contributed by atoms with Gasteiger partial charge in [0.15, 0.2) is 0 Å². The smallest absolute Gasteiger partial charge is 0.119 e. The summed E-state index contributed by atoms with van der Waals surface area (Å²) in [6.07, 6.45) is 0.705. The molecule has 1 atom stereocenters. The molecule has 0 heterocycles. The highest BCUT2D eigenvalue weighted by molar-refractivity contribution is 5.30. The van der Waals surface area contributed by atoms with Crippen LogP contribution in [0.15, 0.2) is 24.3 Å². The van der Waals surface area contributed by atoms with Gasteiger partial charge in [0.05, 0.1) is 18.7 Å². The molecule has 0 saturated heterocycles. The number of benzene rings is 1. The van der Waals surface area contributed by atoms with Crippen molar-refractivity contribution in [1.82, 2.24) is 5.32 Å². The Kier molecular flexibility index (Phi) is 6.24. The second-order valence-electron chi connectivity index (χ2n) is 4.60. The lowest BCUT2D eigenvalue weighted by Crippen LogP contribution is -2.28. The van der Waals surface area contributed by atoms with E-state index in [2.05, 4.69) is 37.4 Å². The van der Waals surface area contributed by atoms with E-state index in [1.165, 1.54) is 5.56 Å². The number of hydrogen-bond donors (Lipinski definition) is 1. The van der Waals surface area contributed by atoms with Gasteiger partial charge in [-0.25, -0.2) is 0 Å². The standard InChI is InChI=1S/C15H22N2O/c1-4-17-14(11-16)8-9-18-15-7-5-6-13(10-15)12(2)3/h5-7,10,12,14,17H,4,8-9H2,1-3H3. The molecule has 98 valence electrons. The average Bonchev–Trinajstić information content (AvgIpc) is 2.38. The van der Waals surface area contributed by atoms with Gasteiger partial charge in [-0.1, -0.05) is 32.9 Å². The van der Waals surface area contributed by atoms with Crippen molar-refractivity contribution in [2.45, 2.75) is 39.2 Å². The van der Waals surface area contributed by atoms with Crippen LogP contribution in [0.4, 0.5) is 0 Å². The number of nitrogens with zero attached hydrogens (tertiary/aromatic N) is 1. The first-order chi connectivity index (χ1) is 8.67. The molecule has 0 aromatic heterocycles. The maximum Gasteiger partial charge on any atom is 0.119 e. The summed E-state index contributed by atoms with van der Waals surface area (Å²) in [4.78, 5) is 0. The Labute approximate surface area is 110 Å². The summed E-state index contributed by atoms with van der Waals surface area (Å²) in [6, 6.07) is 10.2. The van der Waals surface area contributed by atoms with E-state index in [0.29, 0.717) is 18.9 Å². The summed E-state index contributed by atoms with van der Waals surface area (Å²) in [6.45, 7) is 7.69. The molecular weight excluding hydrogens is 224 g/mol. The third-order valence-electron chi connectivity index (χ3n) is 2.81. The Bertz CT molecular complexity index is 396. The van der Waals surface area contributed by atoms with Crippen molar-refractivity contribution in [2.75, 3.05) is 13.2 Å². The average molecular weight is 246 g/mol. The normalized spacial score (nSPS) is 12.2. The van der Waals surface area contributed by atoms with E-state index in [1.807, 2.05) is 19.1 Å². The fourth-order valence-corrected chi connectivity index (χ4v) is 1.72. The largest absolute Gasteiger partial charge is 0.493 e. The first kappa shape index (κ1) is 14.5. The predicted octanol–water partition coefficient (Wildman–Crippen LogP) is 3.08. The molecule has 3 nitrogen and oxygen atoms in total. The predicted molar refractivity (Wildman–Crippen MR) is 73.7 cm³/mol. The van der Waals surface area contributed by atoms with Gasteiger partial charge in [-0.3, -0.25) is 0 Å². The minimum Gasteiger partial charge on any atom is -0.493 e. The van der Waals surface area contributed by atoms with Gasteiger partial charge < -0.3 is 10.1 Å². The first-order valence-electron chi connectivity index (χ1n) is 6.53. The number of hydrogen-bond acceptors (Lipinski definition) is 3. The van der Waals surface area contributed by atoms with Crippen LogP contribution in [0.2, 0.25) is 0 Å². The van der Waals surface area contributed by atoms with Crippen molar-refractivity contribution in [2.24, 2.45) is 0 Å². The van der Waals surface area contributed by atoms with Crippen LogP contribution < -0.4 is 10.1 Å². The fourth-order valence-electron chi connectivity index (χ4n) is 1.72. The molecule has 0 amide bonds. The van der Waals surface area contributed by atoms with Crippen LogP contribution in [-0.2, 0) is 0 Å². The van der Waals surface area contributed by atoms with Crippen LogP contribution in [0.5, 0.6) is 5.75 Å². The molecule has 0 aliphatic rings. The van der Waals surface area contributed by atoms with Crippen LogP contribution >= 0.6 is 0 Å². The van der Waals surface area contributed by atoms with E-state index in [9.17, 15) is 0 Å². The number of nitrogens with one attached hydrogen (secondary N) is 1. The minimum absolute atomic E-state index is 0.122. The van der Waals surface area contributed by atoms with E-state index in [0.717, 1.165) is 12.3 Å². The van der Waals surface area contributed by atoms with Gasteiger partial charge in [0.2, 0.25) is 0 Å². The first-order valence-corrected chi connectivity index (χ1v) is 6.53. The van der Waals surface area contributed by atoms with Crippen LogP contribution in [0.3, 0.4) is 0 Å². The summed E-state index contributed by atoms with van der Waals surface area (Å²) in [5.74, 6) is 1.39. The Hall–Kier alpha value is -1.53. The summed E-state index contributed by atoms with van der Waals surface area (Å²) >= 11 is 0. The summed E-state index contributed by atoms with van der Waals surface area (Å²) < 4.78 is 5.68.